The number of aliphatic carboxylic acids is 1. The number of halogens is 1. The molecule has 1 amide bonds. The topological polar surface area (TPSA) is 106 Å². The minimum absolute atomic E-state index is 0.107. The molecule has 8 heteroatoms. The standard InChI is InChI=1S/C22H20ClNO6/c1-12-7-17(21-13(2)9-20(26)30-18(21)8-12)29-11-19(25)24-16(22(27)28)10-14-3-5-15(23)6-4-14/h3-9,16H,10-11H2,1-2H3,(H,24,25)(H,27,28). The summed E-state index contributed by atoms with van der Waals surface area (Å²) in [5, 5.41) is 13.0. The van der Waals surface area contributed by atoms with E-state index in [4.69, 9.17) is 20.8 Å². The van der Waals surface area contributed by atoms with E-state index in [2.05, 4.69) is 5.32 Å². The third-order valence-corrected chi connectivity index (χ3v) is 4.75. The van der Waals surface area contributed by atoms with Gasteiger partial charge in [0.2, 0.25) is 0 Å². The molecule has 1 heterocycles. The molecule has 7 nitrogen and oxygen atoms in total. The van der Waals surface area contributed by atoms with Crippen molar-refractivity contribution in [1.82, 2.24) is 5.32 Å². The first kappa shape index (κ1) is 21.4. The van der Waals surface area contributed by atoms with Gasteiger partial charge >= 0.3 is 11.6 Å². The van der Waals surface area contributed by atoms with Crippen molar-refractivity contribution in [2.45, 2.75) is 26.3 Å². The fourth-order valence-corrected chi connectivity index (χ4v) is 3.25. The van der Waals surface area contributed by atoms with Crippen LogP contribution in [0, 0.1) is 13.8 Å². The van der Waals surface area contributed by atoms with E-state index in [-0.39, 0.29) is 13.0 Å². The Morgan fingerprint density at radius 1 is 1.17 bits per heavy atom. The van der Waals surface area contributed by atoms with Gasteiger partial charge in [-0.3, -0.25) is 4.79 Å². The first-order valence-corrected chi connectivity index (χ1v) is 9.55. The van der Waals surface area contributed by atoms with Gasteiger partial charge in [0.05, 0.1) is 5.39 Å². The number of amides is 1. The summed E-state index contributed by atoms with van der Waals surface area (Å²) in [6.07, 6.45) is 0.107. The van der Waals surface area contributed by atoms with Crippen molar-refractivity contribution in [2.75, 3.05) is 6.61 Å². The molecule has 2 aromatic carbocycles. The van der Waals surface area contributed by atoms with Gasteiger partial charge in [-0.1, -0.05) is 23.7 Å². The number of benzene rings is 2. The van der Waals surface area contributed by atoms with Crippen LogP contribution >= 0.6 is 11.6 Å². The Hall–Kier alpha value is -3.32. The highest BCUT2D eigenvalue weighted by Crippen LogP contribution is 2.29. The van der Waals surface area contributed by atoms with Gasteiger partial charge in [0.1, 0.15) is 17.4 Å². The predicted octanol–water partition coefficient (Wildman–Crippen LogP) is 3.25. The van der Waals surface area contributed by atoms with E-state index < -0.39 is 23.5 Å². The molecule has 156 valence electrons. The number of carboxylic acids is 1. The van der Waals surface area contributed by atoms with Gasteiger partial charge in [0, 0.05) is 17.5 Å². The fourth-order valence-electron chi connectivity index (χ4n) is 3.13. The lowest BCUT2D eigenvalue weighted by molar-refractivity contribution is -0.142. The molecule has 30 heavy (non-hydrogen) atoms. The zero-order valence-electron chi connectivity index (χ0n) is 16.4. The van der Waals surface area contributed by atoms with Crippen LogP contribution in [0.25, 0.3) is 11.0 Å². The van der Waals surface area contributed by atoms with Crippen molar-refractivity contribution < 1.29 is 23.8 Å². The molecule has 1 unspecified atom stereocenters. The first-order valence-electron chi connectivity index (χ1n) is 9.17. The Labute approximate surface area is 177 Å². The van der Waals surface area contributed by atoms with E-state index in [1.807, 2.05) is 0 Å². The molecule has 1 atom stereocenters. The van der Waals surface area contributed by atoms with Gasteiger partial charge in [-0.25, -0.2) is 9.59 Å². The average Bonchev–Trinajstić information content (AvgIpc) is 2.66. The highest BCUT2D eigenvalue weighted by molar-refractivity contribution is 6.30. The molecule has 1 aromatic heterocycles. The minimum atomic E-state index is -1.16. The molecule has 0 radical (unpaired) electrons. The summed E-state index contributed by atoms with van der Waals surface area (Å²) in [4.78, 5) is 35.5. The molecule has 0 spiro atoms. The smallest absolute Gasteiger partial charge is 0.336 e. The lowest BCUT2D eigenvalue weighted by atomic mass is 10.1. The van der Waals surface area contributed by atoms with Gasteiger partial charge in [-0.15, -0.1) is 0 Å². The Morgan fingerprint density at radius 2 is 1.87 bits per heavy atom. The van der Waals surface area contributed by atoms with E-state index in [9.17, 15) is 19.5 Å². The maximum absolute atomic E-state index is 12.3. The Kier molecular flexibility index (Phi) is 6.42. The van der Waals surface area contributed by atoms with Gasteiger partial charge in [-0.05, 0) is 54.8 Å². The average molecular weight is 430 g/mol. The third kappa shape index (κ3) is 5.18. The number of fused-ring (bicyclic) bond motifs is 1. The second-order valence-electron chi connectivity index (χ2n) is 6.96. The third-order valence-electron chi connectivity index (χ3n) is 4.49. The van der Waals surface area contributed by atoms with E-state index in [0.29, 0.717) is 27.3 Å². The second-order valence-corrected chi connectivity index (χ2v) is 7.40. The predicted molar refractivity (Wildman–Crippen MR) is 112 cm³/mol. The molecule has 0 fully saturated rings. The van der Waals surface area contributed by atoms with Crippen molar-refractivity contribution in [3.05, 3.63) is 74.6 Å². The number of carbonyl (C=O) groups excluding carboxylic acids is 1. The second kappa shape index (κ2) is 9.00. The molecule has 0 saturated carbocycles. The van der Waals surface area contributed by atoms with Gasteiger partial charge in [0.25, 0.3) is 5.91 Å². The molecule has 0 aliphatic carbocycles. The maximum Gasteiger partial charge on any atom is 0.336 e. The lowest BCUT2D eigenvalue weighted by Gasteiger charge is -2.16. The monoisotopic (exact) mass is 429 g/mol. The van der Waals surface area contributed by atoms with Crippen LogP contribution in [0.2, 0.25) is 5.02 Å². The van der Waals surface area contributed by atoms with Crippen molar-refractivity contribution >= 4 is 34.4 Å². The fraction of sp³-hybridized carbons (Fsp3) is 0.227. The molecular weight excluding hydrogens is 410 g/mol. The van der Waals surface area contributed by atoms with Crippen LogP contribution in [0.5, 0.6) is 5.75 Å². The summed E-state index contributed by atoms with van der Waals surface area (Å²) in [7, 11) is 0. The number of carboxylic acid groups (broad SMARTS) is 1. The minimum Gasteiger partial charge on any atom is -0.483 e. The Balaban J connectivity index is 1.72. The lowest BCUT2D eigenvalue weighted by Crippen LogP contribution is -2.44. The first-order chi connectivity index (χ1) is 14.2. The summed E-state index contributed by atoms with van der Waals surface area (Å²) < 4.78 is 10.9. The number of nitrogens with one attached hydrogen (secondary N) is 1. The SMILES string of the molecule is Cc1cc(OCC(=O)NC(Cc2ccc(Cl)cc2)C(=O)O)c2c(C)cc(=O)oc2c1. The number of ether oxygens (including phenoxy) is 1. The molecule has 2 N–H and O–H groups in total. The van der Waals surface area contributed by atoms with E-state index in [1.165, 1.54) is 6.07 Å². The molecule has 3 aromatic rings. The molecule has 0 aliphatic rings. The highest BCUT2D eigenvalue weighted by Gasteiger charge is 2.21. The van der Waals surface area contributed by atoms with Crippen LogP contribution in [0.4, 0.5) is 0 Å². The summed E-state index contributed by atoms with van der Waals surface area (Å²) >= 11 is 5.84. The number of hydrogen-bond acceptors (Lipinski definition) is 5. The van der Waals surface area contributed by atoms with Crippen LogP contribution in [-0.2, 0) is 16.0 Å². The van der Waals surface area contributed by atoms with E-state index in [1.54, 1.807) is 50.2 Å². The van der Waals surface area contributed by atoms with Crippen molar-refractivity contribution in [2.24, 2.45) is 0 Å². The molecule has 3 rings (SSSR count). The number of rotatable bonds is 7. The van der Waals surface area contributed by atoms with Crippen molar-refractivity contribution in [3.63, 3.8) is 0 Å². The van der Waals surface area contributed by atoms with Crippen LogP contribution < -0.4 is 15.7 Å². The summed E-state index contributed by atoms with van der Waals surface area (Å²) in [6.45, 7) is 3.16. The summed E-state index contributed by atoms with van der Waals surface area (Å²) in [5.74, 6) is -1.36. The van der Waals surface area contributed by atoms with Crippen molar-refractivity contribution in [1.29, 1.82) is 0 Å². The molecule has 0 saturated heterocycles. The summed E-state index contributed by atoms with van der Waals surface area (Å²) in [6, 6.07) is 10.4. The van der Waals surface area contributed by atoms with Crippen molar-refractivity contribution in [3.8, 4) is 5.75 Å². The number of aryl methyl sites for hydroxylation is 2. The van der Waals surface area contributed by atoms with E-state index >= 15 is 0 Å². The van der Waals surface area contributed by atoms with Gasteiger partial charge < -0.3 is 19.6 Å². The van der Waals surface area contributed by atoms with Crippen LogP contribution in [0.1, 0.15) is 16.7 Å². The van der Waals surface area contributed by atoms with Crippen LogP contribution in [-0.4, -0.2) is 29.6 Å². The quantitative estimate of drug-likeness (QED) is 0.558. The van der Waals surface area contributed by atoms with Crippen LogP contribution in [0.3, 0.4) is 0 Å². The maximum atomic E-state index is 12.3. The van der Waals surface area contributed by atoms with Gasteiger partial charge in [0.15, 0.2) is 6.61 Å². The van der Waals surface area contributed by atoms with Gasteiger partial charge in [-0.2, -0.15) is 0 Å². The summed E-state index contributed by atoms with van der Waals surface area (Å²) in [5.41, 5.74) is 2.06. The molecule has 0 bridgehead atoms. The zero-order valence-corrected chi connectivity index (χ0v) is 17.2. The van der Waals surface area contributed by atoms with Crippen LogP contribution in [0.15, 0.2) is 51.7 Å². The Morgan fingerprint density at radius 3 is 2.53 bits per heavy atom. The number of hydrogen-bond donors (Lipinski definition) is 2. The largest absolute Gasteiger partial charge is 0.483 e. The zero-order chi connectivity index (χ0) is 21.8. The molecular formula is C22H20ClNO6. The normalized spacial score (nSPS) is 11.8. The highest BCUT2D eigenvalue weighted by atomic mass is 35.5. The van der Waals surface area contributed by atoms with E-state index in [0.717, 1.165) is 11.1 Å². The number of carbonyl (C=O) groups is 2. The molecule has 0 aliphatic heterocycles. The Bertz CT molecular complexity index is 1150.